The second-order valence-electron chi connectivity index (χ2n) is 5.02. The summed E-state index contributed by atoms with van der Waals surface area (Å²) in [6, 6.07) is 2.01. The number of amides is 1. The van der Waals surface area contributed by atoms with Gasteiger partial charge in [-0.15, -0.1) is 0 Å². The van der Waals surface area contributed by atoms with Gasteiger partial charge >= 0.3 is 0 Å². The Morgan fingerprint density at radius 2 is 2.12 bits per heavy atom. The minimum Gasteiger partial charge on any atom is -0.330 e. The highest BCUT2D eigenvalue weighted by Crippen LogP contribution is 2.43. The van der Waals surface area contributed by atoms with Crippen LogP contribution in [0.2, 0.25) is 5.02 Å². The lowest BCUT2D eigenvalue weighted by Gasteiger charge is -2.17. The smallest absolute Gasteiger partial charge is 0.234 e. The molecule has 3 N–H and O–H groups in total. The van der Waals surface area contributed by atoms with Crippen LogP contribution < -0.4 is 11.1 Å². The Balaban J connectivity index is 2.65. The first kappa shape index (κ1) is 12.4. The summed E-state index contributed by atoms with van der Waals surface area (Å²) in [5.41, 5.74) is 8.93. The summed E-state index contributed by atoms with van der Waals surface area (Å²) in [6.45, 7) is 6.34. The van der Waals surface area contributed by atoms with Crippen molar-refractivity contribution in [3.63, 3.8) is 0 Å². The van der Waals surface area contributed by atoms with Crippen LogP contribution in [0.4, 0.5) is 5.69 Å². The number of benzene rings is 1. The number of nitrogens with two attached hydrogens (primary N) is 1. The van der Waals surface area contributed by atoms with Gasteiger partial charge in [-0.2, -0.15) is 0 Å². The van der Waals surface area contributed by atoms with E-state index in [1.807, 2.05) is 26.8 Å². The van der Waals surface area contributed by atoms with E-state index in [0.717, 1.165) is 28.8 Å². The Morgan fingerprint density at radius 3 is 2.71 bits per heavy atom. The number of carbonyl (C=O) groups is 1. The molecule has 0 unspecified atom stereocenters. The van der Waals surface area contributed by atoms with Gasteiger partial charge in [0.05, 0.1) is 5.41 Å². The third-order valence-corrected chi connectivity index (χ3v) is 3.99. The van der Waals surface area contributed by atoms with Crippen LogP contribution in [-0.2, 0) is 16.6 Å². The van der Waals surface area contributed by atoms with Crippen molar-refractivity contribution in [3.8, 4) is 0 Å². The predicted octanol–water partition coefficient (Wildman–Crippen LogP) is 2.38. The van der Waals surface area contributed by atoms with Gasteiger partial charge in [-0.25, -0.2) is 0 Å². The van der Waals surface area contributed by atoms with Gasteiger partial charge in [-0.1, -0.05) is 17.7 Å². The lowest BCUT2D eigenvalue weighted by atomic mass is 9.84. The molecule has 0 aromatic heterocycles. The van der Waals surface area contributed by atoms with Crippen LogP contribution in [-0.4, -0.2) is 12.5 Å². The monoisotopic (exact) mass is 252 g/mol. The molecule has 0 bridgehead atoms. The largest absolute Gasteiger partial charge is 0.330 e. The van der Waals surface area contributed by atoms with E-state index in [9.17, 15) is 4.79 Å². The topological polar surface area (TPSA) is 55.1 Å². The summed E-state index contributed by atoms with van der Waals surface area (Å²) >= 11 is 6.29. The molecule has 2 rings (SSSR count). The Morgan fingerprint density at radius 1 is 1.47 bits per heavy atom. The number of hydrogen-bond acceptors (Lipinski definition) is 2. The zero-order chi connectivity index (χ0) is 12.8. The molecular weight excluding hydrogens is 236 g/mol. The van der Waals surface area contributed by atoms with Crippen LogP contribution in [0.25, 0.3) is 0 Å². The minimum absolute atomic E-state index is 0.0246. The fraction of sp³-hybridized carbons (Fsp3) is 0.462. The highest BCUT2D eigenvalue weighted by atomic mass is 35.5. The molecule has 0 saturated carbocycles. The van der Waals surface area contributed by atoms with E-state index in [1.165, 1.54) is 0 Å². The molecule has 1 heterocycles. The van der Waals surface area contributed by atoms with Crippen LogP contribution in [0.15, 0.2) is 6.07 Å². The summed E-state index contributed by atoms with van der Waals surface area (Å²) < 4.78 is 0. The van der Waals surface area contributed by atoms with Gasteiger partial charge in [-0.05, 0) is 50.4 Å². The van der Waals surface area contributed by atoms with Gasteiger partial charge in [0.15, 0.2) is 0 Å². The van der Waals surface area contributed by atoms with Gasteiger partial charge in [0.2, 0.25) is 5.91 Å². The average Bonchev–Trinajstić information content (AvgIpc) is 2.49. The second kappa shape index (κ2) is 4.00. The van der Waals surface area contributed by atoms with Crippen LogP contribution in [0.5, 0.6) is 0 Å². The molecule has 0 saturated heterocycles. The summed E-state index contributed by atoms with van der Waals surface area (Å²) in [5, 5.41) is 3.63. The van der Waals surface area contributed by atoms with E-state index >= 15 is 0 Å². The number of nitrogens with one attached hydrogen (secondary N) is 1. The third-order valence-electron chi connectivity index (χ3n) is 3.47. The average molecular weight is 253 g/mol. The summed E-state index contributed by atoms with van der Waals surface area (Å²) in [5.74, 6) is 0.0246. The maximum Gasteiger partial charge on any atom is 0.234 e. The van der Waals surface area contributed by atoms with Gasteiger partial charge < -0.3 is 11.1 Å². The minimum atomic E-state index is -0.492. The molecule has 0 aliphatic carbocycles. The highest BCUT2D eigenvalue weighted by molar-refractivity contribution is 6.33. The first-order valence-electron chi connectivity index (χ1n) is 5.73. The first-order chi connectivity index (χ1) is 7.89. The Labute approximate surface area is 106 Å². The molecule has 0 spiro atoms. The highest BCUT2D eigenvalue weighted by Gasteiger charge is 2.39. The SMILES string of the molecule is Cc1c(Cl)c(CCN)cc2c1NC(=O)C2(C)C. The number of halogens is 1. The third kappa shape index (κ3) is 1.74. The molecule has 92 valence electrons. The molecule has 0 fully saturated rings. The van der Waals surface area contributed by atoms with Crippen molar-refractivity contribution < 1.29 is 4.79 Å². The second-order valence-corrected chi connectivity index (χ2v) is 5.39. The zero-order valence-electron chi connectivity index (χ0n) is 10.4. The van der Waals surface area contributed by atoms with E-state index in [0.29, 0.717) is 11.6 Å². The molecule has 1 aliphatic rings. The molecule has 0 radical (unpaired) electrons. The lowest BCUT2D eigenvalue weighted by Crippen LogP contribution is -2.26. The molecule has 1 aliphatic heterocycles. The maximum atomic E-state index is 11.9. The lowest BCUT2D eigenvalue weighted by molar-refractivity contribution is -0.119. The number of fused-ring (bicyclic) bond motifs is 1. The fourth-order valence-corrected chi connectivity index (χ4v) is 2.49. The Hall–Kier alpha value is -1.06. The van der Waals surface area contributed by atoms with Crippen molar-refractivity contribution in [1.29, 1.82) is 0 Å². The van der Waals surface area contributed by atoms with E-state index < -0.39 is 5.41 Å². The normalized spacial score (nSPS) is 16.9. The molecular formula is C13H17ClN2O. The van der Waals surface area contributed by atoms with Gasteiger partial charge in [0, 0.05) is 10.7 Å². The van der Waals surface area contributed by atoms with Crippen LogP contribution >= 0.6 is 11.6 Å². The summed E-state index contributed by atoms with van der Waals surface area (Å²) in [6.07, 6.45) is 0.733. The van der Waals surface area contributed by atoms with Gasteiger partial charge in [0.1, 0.15) is 0 Å². The van der Waals surface area contributed by atoms with Crippen molar-refractivity contribution in [2.45, 2.75) is 32.6 Å². The number of anilines is 1. The van der Waals surface area contributed by atoms with E-state index in [1.54, 1.807) is 0 Å². The molecule has 1 aromatic rings. The Kier molecular flexibility index (Phi) is 2.92. The maximum absolute atomic E-state index is 11.9. The first-order valence-corrected chi connectivity index (χ1v) is 6.11. The van der Waals surface area contributed by atoms with E-state index in [2.05, 4.69) is 5.32 Å². The molecule has 3 nitrogen and oxygen atoms in total. The quantitative estimate of drug-likeness (QED) is 0.849. The van der Waals surface area contributed by atoms with Crippen molar-refractivity contribution >= 4 is 23.2 Å². The van der Waals surface area contributed by atoms with Crippen molar-refractivity contribution in [2.24, 2.45) is 5.73 Å². The van der Waals surface area contributed by atoms with Crippen LogP contribution in [0, 0.1) is 6.92 Å². The van der Waals surface area contributed by atoms with Gasteiger partial charge in [0.25, 0.3) is 0 Å². The summed E-state index contributed by atoms with van der Waals surface area (Å²) in [4.78, 5) is 11.9. The number of rotatable bonds is 2. The van der Waals surface area contributed by atoms with E-state index in [-0.39, 0.29) is 5.91 Å². The van der Waals surface area contributed by atoms with E-state index in [4.69, 9.17) is 17.3 Å². The van der Waals surface area contributed by atoms with Gasteiger partial charge in [-0.3, -0.25) is 4.79 Å². The van der Waals surface area contributed by atoms with Crippen LogP contribution in [0.1, 0.15) is 30.5 Å². The fourth-order valence-electron chi connectivity index (χ4n) is 2.25. The molecule has 17 heavy (non-hydrogen) atoms. The molecule has 1 aromatic carbocycles. The van der Waals surface area contributed by atoms with Crippen molar-refractivity contribution in [1.82, 2.24) is 0 Å². The molecule has 4 heteroatoms. The van der Waals surface area contributed by atoms with Crippen molar-refractivity contribution in [2.75, 3.05) is 11.9 Å². The molecule has 0 atom stereocenters. The molecule has 1 amide bonds. The Bertz CT molecular complexity index is 495. The number of carbonyl (C=O) groups excluding carboxylic acids is 1. The zero-order valence-corrected chi connectivity index (χ0v) is 11.1. The van der Waals surface area contributed by atoms with Crippen molar-refractivity contribution in [3.05, 3.63) is 27.8 Å². The summed E-state index contributed by atoms with van der Waals surface area (Å²) in [7, 11) is 0. The van der Waals surface area contributed by atoms with Crippen LogP contribution in [0.3, 0.4) is 0 Å². The standard InChI is InChI=1S/C13H17ClN2O/c1-7-10(14)8(4-5-15)6-9-11(7)16-12(17)13(9,2)3/h6H,4-5,15H2,1-3H3,(H,16,17). The predicted molar refractivity (Wildman–Crippen MR) is 70.6 cm³/mol. The number of hydrogen-bond donors (Lipinski definition) is 2.